The van der Waals surface area contributed by atoms with Gasteiger partial charge in [0.1, 0.15) is 17.5 Å². The molecule has 6 heteroatoms. The topological polar surface area (TPSA) is 67.8 Å². The number of rotatable bonds is 8. The fourth-order valence-electron chi connectivity index (χ4n) is 2.04. The van der Waals surface area contributed by atoms with Crippen LogP contribution in [0.4, 0.5) is 0 Å². The van der Waals surface area contributed by atoms with Crippen LogP contribution in [-0.2, 0) is 11.3 Å². The smallest absolute Gasteiger partial charge is 0.320 e. The number of hydrogen-bond acceptors (Lipinski definition) is 4. The van der Waals surface area contributed by atoms with Crippen molar-refractivity contribution in [1.29, 1.82) is 0 Å². The molecule has 1 unspecified atom stereocenters. The molecule has 1 atom stereocenters. The summed E-state index contributed by atoms with van der Waals surface area (Å²) in [6, 6.07) is 3.07. The van der Waals surface area contributed by atoms with E-state index in [1.165, 1.54) is 0 Å². The second-order valence-electron chi connectivity index (χ2n) is 5.20. The summed E-state index contributed by atoms with van der Waals surface area (Å²) in [5.74, 6) is 0.832. The molecule has 0 aromatic heterocycles. The van der Waals surface area contributed by atoms with E-state index in [2.05, 4.69) is 21.2 Å². The molecule has 1 rings (SSSR count). The van der Waals surface area contributed by atoms with Gasteiger partial charge in [-0.25, -0.2) is 0 Å². The molecule has 0 spiro atoms. The van der Waals surface area contributed by atoms with E-state index in [9.17, 15) is 9.90 Å². The summed E-state index contributed by atoms with van der Waals surface area (Å²) in [5.41, 5.74) is 0.854. The van der Waals surface area contributed by atoms with Gasteiger partial charge >= 0.3 is 5.97 Å². The summed E-state index contributed by atoms with van der Waals surface area (Å²) in [5, 5.41) is 12.3. The third kappa shape index (κ3) is 5.21. The summed E-state index contributed by atoms with van der Waals surface area (Å²) in [6.45, 7) is 4.40. The van der Waals surface area contributed by atoms with Crippen molar-refractivity contribution in [2.75, 3.05) is 14.2 Å². The number of halogens is 1. The predicted molar refractivity (Wildman–Crippen MR) is 85.0 cm³/mol. The van der Waals surface area contributed by atoms with Gasteiger partial charge in [0.15, 0.2) is 0 Å². The summed E-state index contributed by atoms with van der Waals surface area (Å²) in [6.07, 6.45) is 0.575. The fourth-order valence-corrected chi connectivity index (χ4v) is 2.52. The minimum absolute atomic E-state index is 0.306. The number of ether oxygens (including phenoxy) is 2. The van der Waals surface area contributed by atoms with Gasteiger partial charge in [0.2, 0.25) is 0 Å². The van der Waals surface area contributed by atoms with Crippen molar-refractivity contribution < 1.29 is 19.4 Å². The number of nitrogens with one attached hydrogen (secondary N) is 1. The van der Waals surface area contributed by atoms with Gasteiger partial charge in [-0.2, -0.15) is 0 Å². The van der Waals surface area contributed by atoms with E-state index in [1.54, 1.807) is 14.2 Å². The van der Waals surface area contributed by atoms with Gasteiger partial charge in [0.05, 0.1) is 18.7 Å². The first-order chi connectivity index (χ1) is 9.88. The SMILES string of the molecule is COc1cc(CNC(CC(C)C)C(=O)O)c(OC)cc1Br. The van der Waals surface area contributed by atoms with E-state index in [0.29, 0.717) is 30.4 Å². The molecule has 0 fully saturated rings. The quantitative estimate of drug-likeness (QED) is 0.746. The van der Waals surface area contributed by atoms with Crippen LogP contribution in [0.2, 0.25) is 0 Å². The van der Waals surface area contributed by atoms with Crippen molar-refractivity contribution in [3.63, 3.8) is 0 Å². The highest BCUT2D eigenvalue weighted by atomic mass is 79.9. The summed E-state index contributed by atoms with van der Waals surface area (Å²) in [4.78, 5) is 11.3. The van der Waals surface area contributed by atoms with Crippen LogP contribution in [0.15, 0.2) is 16.6 Å². The Bertz CT molecular complexity index is 491. The Hall–Kier alpha value is -1.27. The number of hydrogen-bond donors (Lipinski definition) is 2. The van der Waals surface area contributed by atoms with E-state index in [0.717, 1.165) is 10.0 Å². The van der Waals surface area contributed by atoms with Crippen molar-refractivity contribution in [2.45, 2.75) is 32.9 Å². The van der Waals surface area contributed by atoms with Crippen molar-refractivity contribution in [3.8, 4) is 11.5 Å². The third-order valence-corrected chi connectivity index (χ3v) is 3.72. The summed E-state index contributed by atoms with van der Waals surface area (Å²) in [7, 11) is 3.17. The molecule has 5 nitrogen and oxygen atoms in total. The number of carboxylic acid groups (broad SMARTS) is 1. The zero-order valence-corrected chi connectivity index (χ0v) is 14.4. The maximum atomic E-state index is 11.3. The average Bonchev–Trinajstić information content (AvgIpc) is 2.43. The fraction of sp³-hybridized carbons (Fsp3) is 0.533. The van der Waals surface area contributed by atoms with Gasteiger partial charge in [-0.05, 0) is 40.4 Å². The van der Waals surface area contributed by atoms with E-state index in [-0.39, 0.29) is 0 Å². The average molecular weight is 360 g/mol. The maximum absolute atomic E-state index is 11.3. The molecule has 0 heterocycles. The van der Waals surface area contributed by atoms with Crippen LogP contribution >= 0.6 is 15.9 Å². The lowest BCUT2D eigenvalue weighted by Crippen LogP contribution is -2.37. The Morgan fingerprint density at radius 3 is 2.38 bits per heavy atom. The number of carboxylic acids is 1. The first kappa shape index (κ1) is 17.8. The molecule has 21 heavy (non-hydrogen) atoms. The van der Waals surface area contributed by atoms with E-state index >= 15 is 0 Å². The van der Waals surface area contributed by atoms with Crippen LogP contribution in [0.25, 0.3) is 0 Å². The highest BCUT2D eigenvalue weighted by molar-refractivity contribution is 9.10. The van der Waals surface area contributed by atoms with Gasteiger partial charge in [0.25, 0.3) is 0 Å². The van der Waals surface area contributed by atoms with Crippen molar-refractivity contribution in [1.82, 2.24) is 5.32 Å². The second-order valence-corrected chi connectivity index (χ2v) is 6.05. The Labute approximate surface area is 133 Å². The lowest BCUT2D eigenvalue weighted by molar-refractivity contribution is -0.140. The lowest BCUT2D eigenvalue weighted by Gasteiger charge is -2.18. The maximum Gasteiger partial charge on any atom is 0.320 e. The Morgan fingerprint density at radius 1 is 1.29 bits per heavy atom. The van der Waals surface area contributed by atoms with Crippen molar-refractivity contribution >= 4 is 21.9 Å². The number of methoxy groups -OCH3 is 2. The van der Waals surface area contributed by atoms with Crippen LogP contribution in [0.3, 0.4) is 0 Å². The number of aliphatic carboxylic acids is 1. The Morgan fingerprint density at radius 2 is 1.90 bits per heavy atom. The molecule has 1 aromatic carbocycles. The van der Waals surface area contributed by atoms with Crippen LogP contribution in [-0.4, -0.2) is 31.3 Å². The zero-order valence-electron chi connectivity index (χ0n) is 12.8. The lowest BCUT2D eigenvalue weighted by atomic mass is 10.0. The third-order valence-electron chi connectivity index (χ3n) is 3.10. The molecule has 0 radical (unpaired) electrons. The standard InChI is InChI=1S/C15H22BrNO4/c1-9(2)5-12(15(18)19)17-8-10-6-14(21-4)11(16)7-13(10)20-3/h6-7,9,12,17H,5,8H2,1-4H3,(H,18,19). The second kappa shape index (κ2) is 8.24. The van der Waals surface area contributed by atoms with Gasteiger partial charge in [-0.15, -0.1) is 0 Å². The van der Waals surface area contributed by atoms with E-state index < -0.39 is 12.0 Å². The van der Waals surface area contributed by atoms with Gasteiger partial charge in [0, 0.05) is 12.1 Å². The highest BCUT2D eigenvalue weighted by Gasteiger charge is 2.19. The van der Waals surface area contributed by atoms with Gasteiger partial charge in [-0.1, -0.05) is 13.8 Å². The Balaban J connectivity index is 2.88. The largest absolute Gasteiger partial charge is 0.496 e. The van der Waals surface area contributed by atoms with Gasteiger partial charge < -0.3 is 19.9 Å². The first-order valence-corrected chi connectivity index (χ1v) is 7.54. The first-order valence-electron chi connectivity index (χ1n) is 6.75. The normalized spacial score (nSPS) is 12.3. The molecule has 0 saturated carbocycles. The molecule has 0 bridgehead atoms. The molecule has 1 aromatic rings. The molecule has 118 valence electrons. The zero-order chi connectivity index (χ0) is 16.0. The minimum Gasteiger partial charge on any atom is -0.496 e. The van der Waals surface area contributed by atoms with Crippen LogP contribution in [0, 0.1) is 5.92 Å². The molecule has 0 amide bonds. The predicted octanol–water partition coefficient (Wildman–Crippen LogP) is 3.06. The number of carbonyl (C=O) groups is 1. The molecule has 2 N–H and O–H groups in total. The Kier molecular flexibility index (Phi) is 6.98. The molecule has 0 aliphatic carbocycles. The summed E-state index contributed by atoms with van der Waals surface area (Å²) >= 11 is 3.40. The minimum atomic E-state index is -0.841. The van der Waals surface area contributed by atoms with Crippen LogP contribution < -0.4 is 14.8 Å². The van der Waals surface area contributed by atoms with E-state index in [4.69, 9.17) is 9.47 Å². The van der Waals surface area contributed by atoms with Crippen LogP contribution in [0.5, 0.6) is 11.5 Å². The molecular formula is C15H22BrNO4. The monoisotopic (exact) mass is 359 g/mol. The highest BCUT2D eigenvalue weighted by Crippen LogP contribution is 2.32. The molecule has 0 aliphatic rings. The van der Waals surface area contributed by atoms with Crippen molar-refractivity contribution in [2.24, 2.45) is 5.92 Å². The van der Waals surface area contributed by atoms with Gasteiger partial charge in [-0.3, -0.25) is 4.79 Å². The molecule has 0 saturated heterocycles. The summed E-state index contributed by atoms with van der Waals surface area (Å²) < 4.78 is 11.4. The molecular weight excluding hydrogens is 338 g/mol. The number of benzene rings is 1. The molecule has 0 aliphatic heterocycles. The van der Waals surface area contributed by atoms with Crippen molar-refractivity contribution in [3.05, 3.63) is 22.2 Å². The van der Waals surface area contributed by atoms with Crippen LogP contribution in [0.1, 0.15) is 25.8 Å². The van der Waals surface area contributed by atoms with E-state index in [1.807, 2.05) is 26.0 Å².